The molecule has 5 rings (SSSR count). The number of likely N-dealkylation sites (N-methyl/N-ethyl adjacent to an activating group) is 1. The summed E-state index contributed by atoms with van der Waals surface area (Å²) in [5, 5.41) is 0.950. The Morgan fingerprint density at radius 3 is 2.45 bits per heavy atom. The van der Waals surface area contributed by atoms with Crippen molar-refractivity contribution in [3.8, 4) is 22.4 Å². The number of fused-ring (bicyclic) bond motifs is 1. The van der Waals surface area contributed by atoms with Crippen LogP contribution in [0.15, 0.2) is 85.5 Å². The quantitative estimate of drug-likeness (QED) is 0.338. The summed E-state index contributed by atoms with van der Waals surface area (Å²) in [6, 6.07) is 22.5. The normalized spacial score (nSPS) is 11.0. The van der Waals surface area contributed by atoms with Crippen LogP contribution in [-0.4, -0.2) is 55.4 Å². The van der Waals surface area contributed by atoms with E-state index < -0.39 is 0 Å². The van der Waals surface area contributed by atoms with Crippen LogP contribution in [0.5, 0.6) is 0 Å². The molecular weight excluding hydrogens is 471 g/mol. The maximum atomic E-state index is 4.82. The van der Waals surface area contributed by atoms with Crippen molar-refractivity contribution in [2.24, 2.45) is 0 Å². The summed E-state index contributed by atoms with van der Waals surface area (Å²) < 4.78 is 0.855. The average molecular weight is 492 g/mol. The van der Waals surface area contributed by atoms with Gasteiger partial charge in [-0.3, -0.25) is 4.98 Å². The standard InChI is InChI=1S/C26H21AsN6/c1-33(14-12-20-9-5-6-13-28-20)23-11-10-19(16-29-23)22-15-21(18-7-3-2-4-8-18)24-25(27)30-17-31-26(24)32-22/h2-11,13,15-17H,12,14H2,1H3. The van der Waals surface area contributed by atoms with E-state index in [0.29, 0.717) is 5.65 Å². The molecule has 33 heavy (non-hydrogen) atoms. The third-order valence-corrected chi connectivity index (χ3v) is 6.24. The van der Waals surface area contributed by atoms with E-state index in [1.54, 1.807) is 6.33 Å². The summed E-state index contributed by atoms with van der Waals surface area (Å²) in [6.45, 7) is 0.837. The number of nitrogens with zero attached hydrogens (tertiary/aromatic N) is 6. The first-order chi connectivity index (χ1) is 16.2. The first-order valence-corrected chi connectivity index (χ1v) is 11.6. The fourth-order valence-corrected chi connectivity index (χ4v) is 4.32. The van der Waals surface area contributed by atoms with Crippen LogP contribution in [0.4, 0.5) is 5.82 Å². The molecule has 6 nitrogen and oxygen atoms in total. The third kappa shape index (κ3) is 4.62. The fraction of sp³-hybridized carbons (Fsp3) is 0.115. The molecule has 0 aliphatic rings. The zero-order valence-electron chi connectivity index (χ0n) is 18.1. The van der Waals surface area contributed by atoms with Gasteiger partial charge in [0.05, 0.1) is 0 Å². The van der Waals surface area contributed by atoms with E-state index in [0.717, 1.165) is 56.7 Å². The first-order valence-electron chi connectivity index (χ1n) is 10.7. The molecular formula is C26H21AsN6. The van der Waals surface area contributed by atoms with Crippen molar-refractivity contribution in [2.75, 3.05) is 18.5 Å². The molecule has 0 unspecified atom stereocenters. The summed E-state index contributed by atoms with van der Waals surface area (Å²) in [7, 11) is 2.05. The van der Waals surface area contributed by atoms with Crippen molar-refractivity contribution in [1.29, 1.82) is 0 Å². The van der Waals surface area contributed by atoms with Crippen molar-refractivity contribution in [3.63, 3.8) is 0 Å². The Balaban J connectivity index is 1.46. The molecule has 0 atom stereocenters. The second-order valence-electron chi connectivity index (χ2n) is 7.71. The molecule has 7 heteroatoms. The Kier molecular flexibility index (Phi) is 6.09. The molecule has 5 aromatic rings. The zero-order valence-corrected chi connectivity index (χ0v) is 20.0. The van der Waals surface area contributed by atoms with Gasteiger partial charge in [-0.1, -0.05) is 6.07 Å². The van der Waals surface area contributed by atoms with Crippen LogP contribution in [0.1, 0.15) is 5.69 Å². The Morgan fingerprint density at radius 2 is 1.70 bits per heavy atom. The van der Waals surface area contributed by atoms with Gasteiger partial charge < -0.3 is 0 Å². The molecule has 160 valence electrons. The summed E-state index contributed by atoms with van der Waals surface area (Å²) >= 11 is 2.52. The Labute approximate surface area is 201 Å². The van der Waals surface area contributed by atoms with Crippen molar-refractivity contribution in [2.45, 2.75) is 6.42 Å². The van der Waals surface area contributed by atoms with Crippen molar-refractivity contribution in [3.05, 3.63) is 91.1 Å². The van der Waals surface area contributed by atoms with Crippen LogP contribution in [0, 0.1) is 0 Å². The minimum absolute atomic E-state index is 0.675. The van der Waals surface area contributed by atoms with E-state index in [9.17, 15) is 0 Å². The molecule has 0 saturated carbocycles. The average Bonchev–Trinajstić information content (AvgIpc) is 2.88. The van der Waals surface area contributed by atoms with Crippen LogP contribution < -0.4 is 9.38 Å². The number of aromatic nitrogens is 5. The van der Waals surface area contributed by atoms with Crippen molar-refractivity contribution in [1.82, 2.24) is 24.9 Å². The topological polar surface area (TPSA) is 67.7 Å². The van der Waals surface area contributed by atoms with Gasteiger partial charge in [-0.05, 0) is 12.1 Å². The summed E-state index contributed by atoms with van der Waals surface area (Å²) in [4.78, 5) is 24.9. The molecule has 1 aromatic carbocycles. The van der Waals surface area contributed by atoms with Crippen LogP contribution >= 0.6 is 0 Å². The predicted molar refractivity (Wildman–Crippen MR) is 133 cm³/mol. The van der Waals surface area contributed by atoms with Gasteiger partial charge in [0.1, 0.15) is 0 Å². The van der Waals surface area contributed by atoms with Crippen LogP contribution in [0.3, 0.4) is 0 Å². The molecule has 0 saturated heterocycles. The number of rotatable bonds is 6. The van der Waals surface area contributed by atoms with Crippen LogP contribution in [0.25, 0.3) is 33.4 Å². The second-order valence-corrected chi connectivity index (χ2v) is 8.60. The molecule has 0 spiro atoms. The van der Waals surface area contributed by atoms with Gasteiger partial charge >= 0.3 is 166 Å². The molecule has 0 fully saturated rings. The monoisotopic (exact) mass is 492 g/mol. The van der Waals surface area contributed by atoms with Gasteiger partial charge in [-0.2, -0.15) is 0 Å². The number of hydrogen-bond acceptors (Lipinski definition) is 6. The van der Waals surface area contributed by atoms with Crippen molar-refractivity contribution < 1.29 is 0 Å². The third-order valence-electron chi connectivity index (χ3n) is 5.53. The first kappa shape index (κ1) is 21.2. The molecule has 0 aliphatic carbocycles. The second kappa shape index (κ2) is 9.47. The van der Waals surface area contributed by atoms with E-state index in [2.05, 4.69) is 61.0 Å². The molecule has 4 aromatic heterocycles. The molecule has 0 N–H and O–H groups in total. The number of anilines is 1. The zero-order chi connectivity index (χ0) is 22.6. The minimum atomic E-state index is 0.675. The van der Waals surface area contributed by atoms with Gasteiger partial charge in [0.25, 0.3) is 0 Å². The summed E-state index contributed by atoms with van der Waals surface area (Å²) in [5.41, 5.74) is 5.69. The van der Waals surface area contributed by atoms with E-state index in [1.807, 2.05) is 61.9 Å². The number of benzene rings is 1. The Hall–Kier alpha value is -3.63. The van der Waals surface area contributed by atoms with Crippen LogP contribution in [0.2, 0.25) is 0 Å². The number of pyridine rings is 3. The van der Waals surface area contributed by atoms with E-state index in [1.165, 1.54) is 0 Å². The molecule has 2 radical (unpaired) electrons. The van der Waals surface area contributed by atoms with Gasteiger partial charge in [0.2, 0.25) is 0 Å². The van der Waals surface area contributed by atoms with E-state index >= 15 is 0 Å². The van der Waals surface area contributed by atoms with Crippen LogP contribution in [-0.2, 0) is 6.42 Å². The molecule has 0 amide bonds. The van der Waals surface area contributed by atoms with E-state index in [4.69, 9.17) is 9.97 Å². The molecule has 0 aliphatic heterocycles. The molecule has 4 heterocycles. The van der Waals surface area contributed by atoms with Gasteiger partial charge in [-0.15, -0.1) is 0 Å². The van der Waals surface area contributed by atoms with Gasteiger partial charge in [0.15, 0.2) is 0 Å². The van der Waals surface area contributed by atoms with Gasteiger partial charge in [-0.25, -0.2) is 0 Å². The SMILES string of the molecule is CN(CCc1ccccn1)c1ccc(-c2cc(-c3ccccc3)c3c([As])ncnc3n2)cn1. The summed E-state index contributed by atoms with van der Waals surface area (Å²) in [5.74, 6) is 0.911. The Bertz CT molecular complexity index is 1380. The predicted octanol–water partition coefficient (Wildman–Crippen LogP) is 3.62. The summed E-state index contributed by atoms with van der Waals surface area (Å²) in [6.07, 6.45) is 6.12. The van der Waals surface area contributed by atoms with E-state index in [-0.39, 0.29) is 0 Å². The number of hydrogen-bond donors (Lipinski definition) is 0. The fourth-order valence-electron chi connectivity index (χ4n) is 3.75. The van der Waals surface area contributed by atoms with Gasteiger partial charge in [0, 0.05) is 11.9 Å². The maximum absolute atomic E-state index is 4.82. The molecule has 0 bridgehead atoms. The van der Waals surface area contributed by atoms with Crippen molar-refractivity contribution >= 4 is 38.2 Å². The Morgan fingerprint density at radius 1 is 0.848 bits per heavy atom.